The van der Waals surface area contributed by atoms with E-state index in [-0.39, 0.29) is 5.56 Å². The van der Waals surface area contributed by atoms with Gasteiger partial charge in [-0.2, -0.15) is 13.2 Å². The number of benzene rings is 3. The van der Waals surface area contributed by atoms with Crippen LogP contribution in [0, 0.1) is 0 Å². The number of halogens is 3. The van der Waals surface area contributed by atoms with Crippen molar-refractivity contribution in [2.45, 2.75) is 11.1 Å². The van der Waals surface area contributed by atoms with E-state index < -0.39 is 25.8 Å². The van der Waals surface area contributed by atoms with Gasteiger partial charge in [-0.15, -0.1) is 0 Å². The van der Waals surface area contributed by atoms with Crippen LogP contribution < -0.4 is 0 Å². The largest absolute Gasteiger partial charge is 0.427 e. The van der Waals surface area contributed by atoms with Gasteiger partial charge in [0.1, 0.15) is 0 Å². The van der Waals surface area contributed by atoms with Crippen molar-refractivity contribution in [2.75, 3.05) is 0 Å². The Balaban J connectivity index is 2.03. The lowest BCUT2D eigenvalue weighted by Crippen LogP contribution is -2.20. The zero-order valence-corrected chi connectivity index (χ0v) is 14.8. The molecule has 27 heavy (non-hydrogen) atoms. The standard InChI is InChI=1S/C21H15F3O2S/c22-21(23,24)20(27(25,26)19-9-5-2-6-10-19)15-16-11-13-18(14-12-16)17-7-3-1-4-8-17/h1-15H/b20-15+. The molecule has 3 aromatic carbocycles. The van der Waals surface area contributed by atoms with E-state index in [1.807, 2.05) is 30.3 Å². The fraction of sp³-hybridized carbons (Fsp3) is 0.0476. The number of sulfone groups is 1. The molecule has 0 atom stereocenters. The summed E-state index contributed by atoms with van der Waals surface area (Å²) in [7, 11) is -4.68. The highest BCUT2D eigenvalue weighted by Gasteiger charge is 2.43. The lowest BCUT2D eigenvalue weighted by Gasteiger charge is -2.13. The van der Waals surface area contributed by atoms with E-state index >= 15 is 0 Å². The first-order valence-electron chi connectivity index (χ1n) is 8.03. The molecule has 0 fully saturated rings. The number of alkyl halides is 3. The van der Waals surface area contributed by atoms with Crippen molar-refractivity contribution in [2.24, 2.45) is 0 Å². The molecule has 0 heterocycles. The van der Waals surface area contributed by atoms with Crippen molar-refractivity contribution in [3.8, 4) is 11.1 Å². The second-order valence-electron chi connectivity index (χ2n) is 5.81. The maximum atomic E-state index is 13.5. The molecule has 0 aliphatic heterocycles. The summed E-state index contributed by atoms with van der Waals surface area (Å²) in [5.74, 6) is 0. The van der Waals surface area contributed by atoms with E-state index in [1.54, 1.807) is 12.1 Å². The fourth-order valence-electron chi connectivity index (χ4n) is 2.59. The second-order valence-corrected chi connectivity index (χ2v) is 7.73. The molecule has 0 saturated carbocycles. The molecule has 3 aromatic rings. The van der Waals surface area contributed by atoms with Gasteiger partial charge >= 0.3 is 6.18 Å². The molecule has 0 bridgehead atoms. The van der Waals surface area contributed by atoms with Gasteiger partial charge in [0.2, 0.25) is 9.84 Å². The quantitative estimate of drug-likeness (QED) is 0.572. The monoisotopic (exact) mass is 388 g/mol. The summed E-state index contributed by atoms with van der Waals surface area (Å²) in [6, 6.07) is 22.2. The molecular weight excluding hydrogens is 373 g/mol. The Morgan fingerprint density at radius 1 is 0.704 bits per heavy atom. The fourth-order valence-corrected chi connectivity index (χ4v) is 3.96. The molecule has 2 nitrogen and oxygen atoms in total. The van der Waals surface area contributed by atoms with E-state index in [4.69, 9.17) is 0 Å². The Kier molecular flexibility index (Phi) is 5.19. The van der Waals surface area contributed by atoms with Gasteiger partial charge in [-0.1, -0.05) is 72.8 Å². The highest BCUT2D eigenvalue weighted by molar-refractivity contribution is 7.95. The average Bonchev–Trinajstić information content (AvgIpc) is 2.67. The molecule has 0 amide bonds. The first-order chi connectivity index (χ1) is 12.8. The highest BCUT2D eigenvalue weighted by Crippen LogP contribution is 2.35. The highest BCUT2D eigenvalue weighted by atomic mass is 32.2. The van der Waals surface area contributed by atoms with Crippen molar-refractivity contribution in [3.63, 3.8) is 0 Å². The molecule has 0 unspecified atom stereocenters. The average molecular weight is 388 g/mol. The molecule has 0 spiro atoms. The van der Waals surface area contributed by atoms with E-state index in [2.05, 4.69) is 0 Å². The van der Waals surface area contributed by atoms with Crippen molar-refractivity contribution < 1.29 is 21.6 Å². The van der Waals surface area contributed by atoms with Crippen LogP contribution in [-0.4, -0.2) is 14.6 Å². The third kappa shape index (κ3) is 4.28. The summed E-state index contributed by atoms with van der Waals surface area (Å²) in [4.78, 5) is -1.98. The maximum absolute atomic E-state index is 13.5. The topological polar surface area (TPSA) is 34.1 Å². The van der Waals surface area contributed by atoms with Crippen LogP contribution in [0.5, 0.6) is 0 Å². The molecule has 0 N–H and O–H groups in total. The van der Waals surface area contributed by atoms with Crippen LogP contribution in [0.25, 0.3) is 17.2 Å². The van der Waals surface area contributed by atoms with Gasteiger partial charge in [0.15, 0.2) is 4.91 Å². The summed E-state index contributed by atoms with van der Waals surface area (Å²) in [6.07, 6.45) is -4.34. The molecular formula is C21H15F3O2S. The number of hydrogen-bond acceptors (Lipinski definition) is 2. The molecule has 138 valence electrons. The summed E-state index contributed by atoms with van der Waals surface area (Å²) in [5, 5.41) is 0. The van der Waals surface area contributed by atoms with Crippen LogP contribution in [0.1, 0.15) is 5.56 Å². The first-order valence-corrected chi connectivity index (χ1v) is 9.51. The Bertz CT molecular complexity index is 1040. The summed E-state index contributed by atoms with van der Waals surface area (Å²) in [6.45, 7) is 0. The van der Waals surface area contributed by atoms with Crippen LogP contribution >= 0.6 is 0 Å². The molecule has 0 saturated heterocycles. The maximum Gasteiger partial charge on any atom is 0.427 e. The lowest BCUT2D eigenvalue weighted by molar-refractivity contribution is -0.0836. The minimum atomic E-state index is -5.01. The van der Waals surface area contributed by atoms with Crippen molar-refractivity contribution in [1.29, 1.82) is 0 Å². The summed E-state index contributed by atoms with van der Waals surface area (Å²) in [5.41, 5.74) is 1.90. The van der Waals surface area contributed by atoms with Gasteiger partial charge in [0.05, 0.1) is 4.90 Å². The minimum absolute atomic E-state index is 0.154. The van der Waals surface area contributed by atoms with Gasteiger partial charge in [-0.3, -0.25) is 0 Å². The minimum Gasteiger partial charge on any atom is -0.219 e. The Labute approximate surface area is 155 Å². The summed E-state index contributed by atoms with van der Waals surface area (Å²) >= 11 is 0. The van der Waals surface area contributed by atoms with Gasteiger partial charge in [0, 0.05) is 0 Å². The molecule has 6 heteroatoms. The van der Waals surface area contributed by atoms with Gasteiger partial charge < -0.3 is 0 Å². The van der Waals surface area contributed by atoms with Gasteiger partial charge in [-0.25, -0.2) is 8.42 Å². The molecule has 3 rings (SSSR count). The van der Waals surface area contributed by atoms with Gasteiger partial charge in [0.25, 0.3) is 0 Å². The Morgan fingerprint density at radius 3 is 1.70 bits per heavy atom. The number of hydrogen-bond donors (Lipinski definition) is 0. The van der Waals surface area contributed by atoms with E-state index in [0.717, 1.165) is 23.3 Å². The van der Waals surface area contributed by atoms with Crippen LogP contribution in [0.2, 0.25) is 0 Å². The van der Waals surface area contributed by atoms with E-state index in [0.29, 0.717) is 6.08 Å². The van der Waals surface area contributed by atoms with Crippen LogP contribution in [-0.2, 0) is 9.84 Å². The normalized spacial score (nSPS) is 12.8. The van der Waals surface area contributed by atoms with Crippen LogP contribution in [0.4, 0.5) is 13.2 Å². The van der Waals surface area contributed by atoms with E-state index in [9.17, 15) is 21.6 Å². The van der Waals surface area contributed by atoms with Gasteiger partial charge in [-0.05, 0) is 34.9 Å². The van der Waals surface area contributed by atoms with Crippen molar-refractivity contribution in [3.05, 3.63) is 95.4 Å². The molecule has 0 aromatic heterocycles. The zero-order chi connectivity index (χ0) is 19.5. The SMILES string of the molecule is O=S(=O)(/C(=C/c1ccc(-c2ccccc2)cc1)C(F)(F)F)c1ccccc1. The lowest BCUT2D eigenvalue weighted by atomic mass is 10.0. The Morgan fingerprint density at radius 2 is 1.19 bits per heavy atom. The Hall–Kier alpha value is -2.86. The number of rotatable bonds is 4. The third-order valence-corrected chi connectivity index (χ3v) is 5.76. The summed E-state index contributed by atoms with van der Waals surface area (Å²) < 4.78 is 65.4. The van der Waals surface area contributed by atoms with Crippen LogP contribution in [0.3, 0.4) is 0 Å². The van der Waals surface area contributed by atoms with Crippen molar-refractivity contribution >= 4 is 15.9 Å². The molecule has 0 aliphatic rings. The van der Waals surface area contributed by atoms with E-state index in [1.165, 1.54) is 30.3 Å². The zero-order valence-electron chi connectivity index (χ0n) is 14.0. The van der Waals surface area contributed by atoms with Crippen molar-refractivity contribution in [1.82, 2.24) is 0 Å². The third-order valence-electron chi connectivity index (χ3n) is 3.94. The predicted molar refractivity (Wildman–Crippen MR) is 99.5 cm³/mol. The predicted octanol–water partition coefficient (Wildman–Crippen LogP) is 5.73. The molecule has 0 aliphatic carbocycles. The van der Waals surface area contributed by atoms with Crippen LogP contribution in [0.15, 0.2) is 94.7 Å². The first kappa shape index (κ1) is 18.9. The molecule has 0 radical (unpaired) electrons. The smallest absolute Gasteiger partial charge is 0.219 e. The number of allylic oxidation sites excluding steroid dienone is 1. The second kappa shape index (κ2) is 7.40.